The van der Waals surface area contributed by atoms with Crippen molar-refractivity contribution in [2.24, 2.45) is 17.8 Å². The maximum atomic E-state index is 14.7. The molecule has 1 saturated heterocycles. The van der Waals surface area contributed by atoms with E-state index in [0.29, 0.717) is 31.2 Å². The number of carbonyl (C=O) groups excluding carboxylic acids is 5. The molecule has 0 spiro atoms. The van der Waals surface area contributed by atoms with Crippen molar-refractivity contribution in [3.63, 3.8) is 0 Å². The molecule has 2 aromatic heterocycles. The number of nitrogens with one attached hydrogen (secondary N) is 4. The van der Waals surface area contributed by atoms with Gasteiger partial charge in [0.1, 0.15) is 34.2 Å². The van der Waals surface area contributed by atoms with Crippen LogP contribution in [-0.2, 0) is 30.3 Å². The van der Waals surface area contributed by atoms with Gasteiger partial charge in [-0.2, -0.15) is 0 Å². The molecule has 1 fully saturated rings. The summed E-state index contributed by atoms with van der Waals surface area (Å²) in [5, 5.41) is 30.9. The number of likely N-dealkylation sites (tertiary alicyclic amines) is 1. The van der Waals surface area contributed by atoms with Gasteiger partial charge >= 0.3 is 12.1 Å². The first-order valence-corrected chi connectivity index (χ1v) is 26.8. The Morgan fingerprint density at radius 1 is 1.00 bits per heavy atom. The maximum absolute atomic E-state index is 14.7. The zero-order valence-corrected chi connectivity index (χ0v) is 42.9. The number of thiazole rings is 1. The molecule has 0 aliphatic carbocycles. The molecule has 3 aromatic rings. The van der Waals surface area contributed by atoms with E-state index in [9.17, 15) is 34.2 Å². The second-order valence-electron chi connectivity index (χ2n) is 17.7. The molecule has 0 saturated carbocycles. The number of aromatic hydroxyl groups is 1. The van der Waals surface area contributed by atoms with Crippen molar-refractivity contribution < 1.29 is 43.7 Å². The summed E-state index contributed by atoms with van der Waals surface area (Å²) >= 11 is 1.11. The number of hydrazine groups is 1. The minimum absolute atomic E-state index is 0.0264. The Morgan fingerprint density at radius 2 is 1.76 bits per heavy atom. The molecule has 1 aromatic carbocycles. The predicted molar refractivity (Wildman–Crippen MR) is 267 cm³/mol. The van der Waals surface area contributed by atoms with Crippen molar-refractivity contribution >= 4 is 62.7 Å². The van der Waals surface area contributed by atoms with E-state index < -0.39 is 54.0 Å². The summed E-state index contributed by atoms with van der Waals surface area (Å²) in [5.74, 6) is -1.91. The van der Waals surface area contributed by atoms with Crippen LogP contribution in [0.5, 0.6) is 5.75 Å². The van der Waals surface area contributed by atoms with Gasteiger partial charge < -0.3 is 40.1 Å². The smallest absolute Gasteiger partial charge is 0.426 e. The molecule has 0 bridgehead atoms. The monoisotopic (exact) mass is 1000 g/mol. The zero-order chi connectivity index (χ0) is 49.6. The minimum atomic E-state index is -1.17. The third-order valence-corrected chi connectivity index (χ3v) is 15.2. The number of carbonyl (C=O) groups is 5. The fourth-order valence-electron chi connectivity index (χ4n) is 7.83. The number of benzene rings is 1. The molecule has 4 rings (SSSR count). The van der Waals surface area contributed by atoms with Crippen LogP contribution in [0, 0.1) is 17.8 Å². The van der Waals surface area contributed by atoms with Gasteiger partial charge in [-0.3, -0.25) is 24.6 Å². The lowest BCUT2D eigenvalue weighted by Gasteiger charge is -2.39. The van der Waals surface area contributed by atoms with Crippen LogP contribution in [0.25, 0.3) is 0 Å². The summed E-state index contributed by atoms with van der Waals surface area (Å²) in [7, 11) is 5.05. The first-order chi connectivity index (χ1) is 32.6. The predicted octanol–water partition coefficient (Wildman–Crippen LogP) is 6.88. The number of ether oxygens (including phenoxy) is 2. The van der Waals surface area contributed by atoms with Crippen molar-refractivity contribution in [1.82, 2.24) is 41.3 Å². The highest BCUT2D eigenvalue weighted by Gasteiger charge is 2.37. The van der Waals surface area contributed by atoms with Gasteiger partial charge in [-0.25, -0.2) is 20.2 Å². The van der Waals surface area contributed by atoms with E-state index in [-0.39, 0.29) is 66.8 Å². The van der Waals surface area contributed by atoms with Crippen LogP contribution in [-0.4, -0.2) is 123 Å². The Kier molecular flexibility index (Phi) is 24.4. The topological polar surface area (TPSA) is 225 Å². The third kappa shape index (κ3) is 18.8. The lowest BCUT2D eigenvalue weighted by atomic mass is 9.92. The number of nitrogens with zero attached hydrogens (tertiary/aromatic N) is 4. The van der Waals surface area contributed by atoms with Gasteiger partial charge in [0.05, 0.1) is 6.04 Å². The fraction of sp³-hybridized carbons (Fsp3) is 0.604. The SMILES string of the molecule is CCCC(=O)OCN(C(=O)C(NCC1CCCCN1C)C(C)CC)C(CC(O)c1nc(C(=O)NC(Cc2ccc(O)cc2)CC(C)C(=O)NNC(=O)OCCSSc2ccccn2)cs1)C(C)C. The van der Waals surface area contributed by atoms with E-state index in [4.69, 9.17) is 9.47 Å². The normalized spacial score (nSPS) is 16.7. The number of aliphatic hydroxyl groups is 1. The summed E-state index contributed by atoms with van der Waals surface area (Å²) in [6.07, 6.45) is 5.15. The van der Waals surface area contributed by atoms with Gasteiger partial charge in [0, 0.05) is 60.8 Å². The van der Waals surface area contributed by atoms with Crippen LogP contribution >= 0.6 is 32.9 Å². The van der Waals surface area contributed by atoms with Gasteiger partial charge in [-0.15, -0.1) is 11.3 Å². The molecule has 376 valence electrons. The van der Waals surface area contributed by atoms with Crippen LogP contribution in [0.1, 0.15) is 120 Å². The Labute approximate surface area is 413 Å². The van der Waals surface area contributed by atoms with E-state index in [0.717, 1.165) is 54.2 Å². The summed E-state index contributed by atoms with van der Waals surface area (Å²) < 4.78 is 10.9. The first kappa shape index (κ1) is 56.1. The molecule has 1 aliphatic rings. The van der Waals surface area contributed by atoms with Crippen LogP contribution in [0.4, 0.5) is 4.79 Å². The number of hydrogen-bond donors (Lipinski definition) is 6. The van der Waals surface area contributed by atoms with Crippen LogP contribution in [0.3, 0.4) is 0 Å². The second kappa shape index (κ2) is 29.5. The molecule has 17 nitrogen and oxygen atoms in total. The van der Waals surface area contributed by atoms with Crippen molar-refractivity contribution in [2.75, 3.05) is 39.2 Å². The number of rotatable bonds is 27. The summed E-state index contributed by atoms with van der Waals surface area (Å²) in [4.78, 5) is 79.4. The van der Waals surface area contributed by atoms with E-state index >= 15 is 0 Å². The molecule has 4 amide bonds. The van der Waals surface area contributed by atoms with E-state index in [1.165, 1.54) is 33.7 Å². The van der Waals surface area contributed by atoms with E-state index in [1.54, 1.807) is 35.5 Å². The minimum Gasteiger partial charge on any atom is -0.508 e. The van der Waals surface area contributed by atoms with Crippen molar-refractivity contribution in [2.45, 2.75) is 135 Å². The van der Waals surface area contributed by atoms with Gasteiger partial charge in [0.2, 0.25) is 11.8 Å². The molecule has 1 aliphatic heterocycles. The largest absolute Gasteiger partial charge is 0.508 e. The van der Waals surface area contributed by atoms with Crippen LogP contribution in [0.2, 0.25) is 0 Å². The van der Waals surface area contributed by atoms with Crippen molar-refractivity contribution in [3.05, 3.63) is 70.3 Å². The number of likely N-dealkylation sites (N-methyl/N-ethyl adjacent to an activating group) is 1. The highest BCUT2D eigenvalue weighted by atomic mass is 33.1. The Hall–Kier alpha value is -4.47. The lowest BCUT2D eigenvalue weighted by Crippen LogP contribution is -2.57. The van der Waals surface area contributed by atoms with Crippen molar-refractivity contribution in [3.8, 4) is 5.75 Å². The number of hydrogen-bond acceptors (Lipinski definition) is 16. The molecule has 6 N–H and O–H groups in total. The molecule has 20 heteroatoms. The molecule has 7 unspecified atom stereocenters. The molecule has 68 heavy (non-hydrogen) atoms. The molecular weight excluding hydrogens is 929 g/mol. The number of phenolic OH excluding ortho intramolecular Hbond substituents is 1. The average molecular weight is 1000 g/mol. The zero-order valence-electron chi connectivity index (χ0n) is 40.5. The highest BCUT2D eigenvalue weighted by Crippen LogP contribution is 2.30. The average Bonchev–Trinajstić information content (AvgIpc) is 3.83. The number of phenols is 1. The maximum Gasteiger partial charge on any atom is 0.426 e. The van der Waals surface area contributed by atoms with E-state index in [2.05, 4.69) is 43.4 Å². The Morgan fingerprint density at radius 3 is 2.44 bits per heavy atom. The number of esters is 1. The fourth-order valence-corrected chi connectivity index (χ4v) is 10.3. The standard InChI is InChI=1S/C48H72N8O9S3/c1-8-14-42(59)65-30-56(47(62)43(32(5)9-2)50-28-36-15-11-13-22-55(36)7)39(31(3)4)27-40(58)46-52-38(29-66-46)45(61)51-35(26-34-17-19-37(57)20-18-34)25-33(6)44(60)53-54-48(63)64-23-24-67-68-41-16-10-12-21-49-41/h10,12,16-21,29,31-33,35-36,39-40,43,50,57-58H,8-9,11,13-15,22-28,30H2,1-7H3,(H,51,61)(H,53,60)(H,54,63). The second-order valence-corrected chi connectivity index (χ2v) is 21.1. The Bertz CT molecular complexity index is 2010. The summed E-state index contributed by atoms with van der Waals surface area (Å²) in [6, 6.07) is 10.7. The summed E-state index contributed by atoms with van der Waals surface area (Å²) in [5.41, 5.74) is 5.53. The van der Waals surface area contributed by atoms with Crippen LogP contribution < -0.4 is 21.5 Å². The lowest BCUT2D eigenvalue weighted by molar-refractivity contribution is -0.158. The number of amides is 4. The third-order valence-electron chi connectivity index (χ3n) is 12.1. The van der Waals surface area contributed by atoms with Gasteiger partial charge in [-0.1, -0.05) is 83.4 Å². The van der Waals surface area contributed by atoms with Crippen LogP contribution in [0.15, 0.2) is 59.1 Å². The van der Waals surface area contributed by atoms with Gasteiger partial charge in [0.25, 0.3) is 5.91 Å². The molecule has 0 radical (unpaired) electrons. The first-order valence-electron chi connectivity index (χ1n) is 23.6. The molecule has 7 atom stereocenters. The van der Waals surface area contributed by atoms with Crippen molar-refractivity contribution in [1.29, 1.82) is 0 Å². The van der Waals surface area contributed by atoms with E-state index in [1.807, 2.05) is 52.8 Å². The number of pyridine rings is 1. The molecule has 3 heterocycles. The van der Waals surface area contributed by atoms with Gasteiger partial charge in [0.15, 0.2) is 6.73 Å². The summed E-state index contributed by atoms with van der Waals surface area (Å²) in [6.45, 7) is 13.0. The number of piperidine rings is 1. The quantitative estimate of drug-likeness (QED) is 0.0151. The number of aliphatic hydroxyl groups excluding tert-OH is 1. The Balaban J connectivity index is 1.42. The van der Waals surface area contributed by atoms with Gasteiger partial charge in [-0.05, 0) is 98.2 Å². The molecular formula is C48H72N8O9S3. The highest BCUT2D eigenvalue weighted by molar-refractivity contribution is 8.76. The number of aromatic nitrogens is 2.